The molecule has 1 aromatic carbocycles. The van der Waals surface area contributed by atoms with Crippen molar-refractivity contribution in [3.63, 3.8) is 0 Å². The summed E-state index contributed by atoms with van der Waals surface area (Å²) >= 11 is 0. The van der Waals surface area contributed by atoms with E-state index in [2.05, 4.69) is 12.1 Å². The molecule has 0 fully saturated rings. The third-order valence-electron chi connectivity index (χ3n) is 2.64. The van der Waals surface area contributed by atoms with E-state index in [4.69, 9.17) is 9.94 Å². The summed E-state index contributed by atoms with van der Waals surface area (Å²) in [5, 5.41) is 12.6. The second-order valence-electron chi connectivity index (χ2n) is 3.72. The number of carboxylic acids is 1. The second-order valence-corrected chi connectivity index (χ2v) is 3.72. The molecule has 0 spiro atoms. The van der Waals surface area contributed by atoms with Crippen LogP contribution in [0.2, 0.25) is 0 Å². The molecule has 0 saturated carbocycles. The third kappa shape index (κ3) is 2.05. The zero-order chi connectivity index (χ0) is 11.5. The highest BCUT2D eigenvalue weighted by molar-refractivity contribution is 6.03. The van der Waals surface area contributed by atoms with E-state index in [-0.39, 0.29) is 0 Å². The molecule has 1 heterocycles. The average molecular weight is 219 g/mol. The van der Waals surface area contributed by atoms with Crippen molar-refractivity contribution in [3.8, 4) is 0 Å². The van der Waals surface area contributed by atoms with Gasteiger partial charge in [-0.3, -0.25) is 0 Å². The molecule has 4 nitrogen and oxygen atoms in total. The summed E-state index contributed by atoms with van der Waals surface area (Å²) < 4.78 is 0. The van der Waals surface area contributed by atoms with Crippen molar-refractivity contribution in [2.24, 2.45) is 5.16 Å². The first-order valence-electron chi connectivity index (χ1n) is 5.25. The normalized spacial score (nSPS) is 19.1. The summed E-state index contributed by atoms with van der Waals surface area (Å²) in [5.41, 5.74) is 2.88. The van der Waals surface area contributed by atoms with E-state index in [1.54, 1.807) is 0 Å². The first-order chi connectivity index (χ1) is 7.70. The first kappa shape index (κ1) is 10.7. The van der Waals surface area contributed by atoms with Gasteiger partial charge in [0.1, 0.15) is 0 Å². The number of aliphatic carboxylic acids is 1. The van der Waals surface area contributed by atoms with Crippen LogP contribution in [0.5, 0.6) is 0 Å². The summed E-state index contributed by atoms with van der Waals surface area (Å²) in [6.45, 7) is 2.09. The molecular formula is C12H13NO3. The van der Waals surface area contributed by atoms with Gasteiger partial charge >= 0.3 is 5.97 Å². The number of rotatable bonds is 3. The fourth-order valence-corrected chi connectivity index (χ4v) is 1.61. The van der Waals surface area contributed by atoms with Crippen LogP contribution in [0.3, 0.4) is 0 Å². The lowest BCUT2D eigenvalue weighted by Crippen LogP contribution is -2.19. The van der Waals surface area contributed by atoms with Crippen molar-refractivity contribution >= 4 is 11.7 Å². The molecule has 1 aromatic rings. The first-order valence-corrected chi connectivity index (χ1v) is 5.25. The van der Waals surface area contributed by atoms with E-state index >= 15 is 0 Å². The second kappa shape index (κ2) is 4.35. The number of hydrogen-bond acceptors (Lipinski definition) is 3. The highest BCUT2D eigenvalue weighted by Gasteiger charge is 2.28. The summed E-state index contributed by atoms with van der Waals surface area (Å²) in [6.07, 6.45) is 0.489. The molecule has 0 unspecified atom stereocenters. The zero-order valence-corrected chi connectivity index (χ0v) is 9.01. The Kier molecular flexibility index (Phi) is 2.90. The predicted octanol–water partition coefficient (Wildman–Crippen LogP) is 1.83. The molecule has 0 saturated heterocycles. The predicted molar refractivity (Wildman–Crippen MR) is 59.5 cm³/mol. The van der Waals surface area contributed by atoms with Gasteiger partial charge in [-0.1, -0.05) is 36.3 Å². The summed E-state index contributed by atoms with van der Waals surface area (Å²) in [5.74, 6) is -0.969. The molecular weight excluding hydrogens is 206 g/mol. The van der Waals surface area contributed by atoms with E-state index in [1.807, 2.05) is 24.3 Å². The fraction of sp³-hybridized carbons (Fsp3) is 0.333. The van der Waals surface area contributed by atoms with Gasteiger partial charge in [0.25, 0.3) is 0 Å². The van der Waals surface area contributed by atoms with Gasteiger partial charge in [-0.2, -0.15) is 0 Å². The van der Waals surface area contributed by atoms with Crippen molar-refractivity contribution in [2.75, 3.05) is 0 Å². The Morgan fingerprint density at radius 1 is 1.50 bits per heavy atom. The van der Waals surface area contributed by atoms with Gasteiger partial charge in [-0.15, -0.1) is 0 Å². The summed E-state index contributed by atoms with van der Waals surface area (Å²) in [7, 11) is 0. The van der Waals surface area contributed by atoms with E-state index in [0.29, 0.717) is 12.1 Å². The molecule has 16 heavy (non-hydrogen) atoms. The topological polar surface area (TPSA) is 58.9 Å². The highest BCUT2D eigenvalue weighted by Crippen LogP contribution is 2.17. The number of carbonyl (C=O) groups is 1. The quantitative estimate of drug-likeness (QED) is 0.843. The molecule has 1 aliphatic heterocycles. The highest BCUT2D eigenvalue weighted by atomic mass is 16.7. The number of hydrogen-bond donors (Lipinski definition) is 1. The Bertz CT molecular complexity index is 422. The molecule has 84 valence electrons. The monoisotopic (exact) mass is 219 g/mol. The average Bonchev–Trinajstić information content (AvgIpc) is 2.78. The fourth-order valence-electron chi connectivity index (χ4n) is 1.61. The van der Waals surface area contributed by atoms with E-state index in [1.165, 1.54) is 5.56 Å². The molecule has 0 bridgehead atoms. The Morgan fingerprint density at radius 3 is 2.69 bits per heavy atom. The van der Waals surface area contributed by atoms with Crippen LogP contribution in [0.15, 0.2) is 29.4 Å². The minimum Gasteiger partial charge on any atom is -0.478 e. The number of aryl methyl sites for hydroxylation is 1. The van der Waals surface area contributed by atoms with Crippen LogP contribution in [0, 0.1) is 0 Å². The SMILES string of the molecule is CCc1ccc(C2=NO[C@H](C(=O)O)C2)cc1. The Balaban J connectivity index is 2.11. The van der Waals surface area contributed by atoms with Gasteiger partial charge in [-0.25, -0.2) is 4.79 Å². The van der Waals surface area contributed by atoms with E-state index in [9.17, 15) is 4.79 Å². The molecule has 1 atom stereocenters. The Labute approximate surface area is 93.5 Å². The molecule has 4 heteroatoms. The Hall–Kier alpha value is -1.84. The number of benzene rings is 1. The lowest BCUT2D eigenvalue weighted by Gasteiger charge is -2.01. The van der Waals surface area contributed by atoms with Crippen molar-refractivity contribution in [3.05, 3.63) is 35.4 Å². The molecule has 0 amide bonds. The van der Waals surface area contributed by atoms with Gasteiger partial charge < -0.3 is 9.94 Å². The third-order valence-corrected chi connectivity index (χ3v) is 2.64. The minimum atomic E-state index is -0.969. The van der Waals surface area contributed by atoms with Gasteiger partial charge in [0.15, 0.2) is 0 Å². The Morgan fingerprint density at radius 2 is 2.19 bits per heavy atom. The van der Waals surface area contributed by atoms with E-state index < -0.39 is 12.1 Å². The molecule has 0 aromatic heterocycles. The van der Waals surface area contributed by atoms with Crippen LogP contribution in [-0.2, 0) is 16.1 Å². The van der Waals surface area contributed by atoms with Crippen LogP contribution >= 0.6 is 0 Å². The van der Waals surface area contributed by atoms with Crippen LogP contribution in [0.1, 0.15) is 24.5 Å². The standard InChI is InChI=1S/C12H13NO3/c1-2-8-3-5-9(6-4-8)10-7-11(12(14)15)16-13-10/h3-6,11H,2,7H2,1H3,(H,14,15)/t11-/m0/s1. The largest absolute Gasteiger partial charge is 0.478 e. The summed E-state index contributed by atoms with van der Waals surface area (Å²) in [4.78, 5) is 15.5. The van der Waals surface area contributed by atoms with Crippen molar-refractivity contribution in [1.82, 2.24) is 0 Å². The van der Waals surface area contributed by atoms with Crippen molar-refractivity contribution < 1.29 is 14.7 Å². The number of nitrogens with zero attached hydrogens (tertiary/aromatic N) is 1. The van der Waals surface area contributed by atoms with Gasteiger partial charge in [0.05, 0.1) is 5.71 Å². The lowest BCUT2D eigenvalue weighted by molar-refractivity contribution is -0.148. The summed E-state index contributed by atoms with van der Waals surface area (Å²) in [6, 6.07) is 7.94. The lowest BCUT2D eigenvalue weighted by atomic mass is 10.0. The van der Waals surface area contributed by atoms with Gasteiger partial charge in [0, 0.05) is 6.42 Å². The minimum absolute atomic E-state index is 0.334. The van der Waals surface area contributed by atoms with Crippen LogP contribution in [0.4, 0.5) is 0 Å². The smallest absolute Gasteiger partial charge is 0.348 e. The van der Waals surface area contributed by atoms with E-state index in [0.717, 1.165) is 12.0 Å². The number of carboxylic acid groups (broad SMARTS) is 1. The number of oxime groups is 1. The molecule has 1 aliphatic rings. The van der Waals surface area contributed by atoms with Crippen LogP contribution < -0.4 is 0 Å². The molecule has 1 N–H and O–H groups in total. The maximum Gasteiger partial charge on any atom is 0.348 e. The maximum absolute atomic E-state index is 10.7. The van der Waals surface area contributed by atoms with Crippen LogP contribution in [0.25, 0.3) is 0 Å². The molecule has 0 aliphatic carbocycles. The maximum atomic E-state index is 10.7. The van der Waals surface area contributed by atoms with Gasteiger partial charge in [0.2, 0.25) is 6.10 Å². The van der Waals surface area contributed by atoms with Crippen LogP contribution in [-0.4, -0.2) is 22.9 Å². The molecule has 0 radical (unpaired) electrons. The zero-order valence-electron chi connectivity index (χ0n) is 9.01. The van der Waals surface area contributed by atoms with Gasteiger partial charge in [-0.05, 0) is 17.5 Å². The van der Waals surface area contributed by atoms with Crippen molar-refractivity contribution in [2.45, 2.75) is 25.9 Å². The van der Waals surface area contributed by atoms with Crippen molar-refractivity contribution in [1.29, 1.82) is 0 Å². The molecule has 2 rings (SSSR count).